The lowest BCUT2D eigenvalue weighted by atomic mass is 10.2. The van der Waals surface area contributed by atoms with E-state index >= 15 is 0 Å². The molecule has 1 aromatic rings. The van der Waals surface area contributed by atoms with E-state index in [1.54, 1.807) is 0 Å². The minimum atomic E-state index is 0.631. The monoisotopic (exact) mass is 235 g/mol. The largest absolute Gasteiger partial charge is 0.315 e. The van der Waals surface area contributed by atoms with Crippen LogP contribution in [0.3, 0.4) is 0 Å². The third kappa shape index (κ3) is 2.66. The molecule has 2 aliphatic rings. The van der Waals surface area contributed by atoms with Crippen LogP contribution in [0, 0.1) is 0 Å². The first-order chi connectivity index (χ1) is 8.33. The minimum Gasteiger partial charge on any atom is -0.315 e. The van der Waals surface area contributed by atoms with Crippen LogP contribution in [0.2, 0.25) is 0 Å². The molecule has 1 saturated carbocycles. The predicted molar refractivity (Wildman–Crippen MR) is 65.5 cm³/mol. The van der Waals surface area contributed by atoms with Crippen LogP contribution in [-0.2, 0) is 13.1 Å². The quantitative estimate of drug-likeness (QED) is 0.813. The van der Waals surface area contributed by atoms with Crippen LogP contribution in [0.4, 0.5) is 0 Å². The van der Waals surface area contributed by atoms with Crippen molar-refractivity contribution in [2.45, 2.75) is 51.4 Å². The molecule has 1 unspecified atom stereocenters. The highest BCUT2D eigenvalue weighted by Gasteiger charge is 2.23. The maximum atomic E-state index is 4.16. The molecule has 1 aliphatic heterocycles. The average Bonchev–Trinajstić information content (AvgIpc) is 3.04. The molecule has 2 heterocycles. The summed E-state index contributed by atoms with van der Waals surface area (Å²) >= 11 is 0. The zero-order valence-electron chi connectivity index (χ0n) is 10.5. The normalized spacial score (nSPS) is 22.4. The summed E-state index contributed by atoms with van der Waals surface area (Å²) in [7, 11) is 0. The van der Waals surface area contributed by atoms with Gasteiger partial charge in [0.15, 0.2) is 0 Å². The zero-order chi connectivity index (χ0) is 11.7. The van der Waals surface area contributed by atoms with Gasteiger partial charge in [-0.1, -0.05) is 0 Å². The molecule has 5 heteroatoms. The molecule has 0 bridgehead atoms. The second-order valence-corrected chi connectivity index (χ2v) is 5.28. The Labute approximate surface area is 102 Å². The molecule has 3 rings (SSSR count). The standard InChI is InChI=1S/C12H21N5/c1-10(4-5-13-11-2-3-11)16-6-7-17-9-14-15-12(17)8-16/h9-11,13H,2-8H2,1H3. The Morgan fingerprint density at radius 2 is 2.35 bits per heavy atom. The Morgan fingerprint density at radius 3 is 3.18 bits per heavy atom. The molecule has 1 N–H and O–H groups in total. The molecule has 0 saturated heterocycles. The Hall–Kier alpha value is -0.940. The van der Waals surface area contributed by atoms with Crippen LogP contribution in [0.25, 0.3) is 0 Å². The summed E-state index contributed by atoms with van der Waals surface area (Å²) in [6.45, 7) is 6.57. The summed E-state index contributed by atoms with van der Waals surface area (Å²) in [6.07, 6.45) is 5.82. The van der Waals surface area contributed by atoms with E-state index in [1.165, 1.54) is 19.3 Å². The van der Waals surface area contributed by atoms with Crippen molar-refractivity contribution in [1.82, 2.24) is 25.0 Å². The maximum Gasteiger partial charge on any atom is 0.147 e. The Bertz CT molecular complexity index is 371. The fraction of sp³-hybridized carbons (Fsp3) is 0.833. The van der Waals surface area contributed by atoms with Crippen molar-refractivity contribution < 1.29 is 0 Å². The van der Waals surface area contributed by atoms with Gasteiger partial charge in [0.05, 0.1) is 6.54 Å². The van der Waals surface area contributed by atoms with E-state index in [2.05, 4.69) is 31.9 Å². The van der Waals surface area contributed by atoms with Gasteiger partial charge in [-0.3, -0.25) is 4.90 Å². The third-order valence-corrected chi connectivity index (χ3v) is 3.86. The molecule has 0 amide bonds. The molecule has 0 radical (unpaired) electrons. The average molecular weight is 235 g/mol. The molecule has 1 atom stereocenters. The van der Waals surface area contributed by atoms with E-state index < -0.39 is 0 Å². The lowest BCUT2D eigenvalue weighted by Gasteiger charge is -2.32. The summed E-state index contributed by atoms with van der Waals surface area (Å²) in [5.41, 5.74) is 0. The lowest BCUT2D eigenvalue weighted by molar-refractivity contribution is 0.155. The molecule has 5 nitrogen and oxygen atoms in total. The van der Waals surface area contributed by atoms with Gasteiger partial charge < -0.3 is 9.88 Å². The van der Waals surface area contributed by atoms with Crippen LogP contribution in [0.1, 0.15) is 32.0 Å². The van der Waals surface area contributed by atoms with E-state index in [0.717, 1.165) is 38.0 Å². The number of rotatable bonds is 5. The fourth-order valence-electron chi connectivity index (χ4n) is 2.43. The van der Waals surface area contributed by atoms with E-state index in [0.29, 0.717) is 6.04 Å². The first kappa shape index (κ1) is 11.2. The molecular weight excluding hydrogens is 214 g/mol. The smallest absolute Gasteiger partial charge is 0.147 e. The first-order valence-electron chi connectivity index (χ1n) is 6.67. The van der Waals surface area contributed by atoms with Gasteiger partial charge in [-0.05, 0) is 32.7 Å². The SMILES string of the molecule is CC(CCNC1CC1)N1CCn2cnnc2C1. The Morgan fingerprint density at radius 1 is 1.47 bits per heavy atom. The molecule has 1 aromatic heterocycles. The summed E-state index contributed by atoms with van der Waals surface area (Å²) in [4.78, 5) is 2.51. The fourth-order valence-corrected chi connectivity index (χ4v) is 2.43. The van der Waals surface area contributed by atoms with Crippen molar-refractivity contribution in [1.29, 1.82) is 0 Å². The zero-order valence-corrected chi connectivity index (χ0v) is 10.5. The Balaban J connectivity index is 1.47. The number of fused-ring (bicyclic) bond motifs is 1. The number of nitrogens with zero attached hydrogens (tertiary/aromatic N) is 4. The lowest BCUT2D eigenvalue weighted by Crippen LogP contribution is -2.41. The van der Waals surface area contributed by atoms with Crippen LogP contribution < -0.4 is 5.32 Å². The molecule has 17 heavy (non-hydrogen) atoms. The summed E-state index contributed by atoms with van der Waals surface area (Å²) in [5, 5.41) is 11.7. The Kier molecular flexibility index (Phi) is 3.11. The van der Waals surface area contributed by atoms with Gasteiger partial charge in [0, 0.05) is 25.2 Å². The number of hydrogen-bond donors (Lipinski definition) is 1. The summed E-state index contributed by atoms with van der Waals surface area (Å²) in [5.74, 6) is 1.11. The van der Waals surface area contributed by atoms with Crippen LogP contribution >= 0.6 is 0 Å². The molecule has 1 aliphatic carbocycles. The van der Waals surface area contributed by atoms with Gasteiger partial charge in [-0.25, -0.2) is 0 Å². The highest BCUT2D eigenvalue weighted by atomic mass is 15.3. The van der Waals surface area contributed by atoms with Crippen molar-refractivity contribution in [3.05, 3.63) is 12.2 Å². The maximum absolute atomic E-state index is 4.16. The minimum absolute atomic E-state index is 0.631. The second-order valence-electron chi connectivity index (χ2n) is 5.28. The third-order valence-electron chi connectivity index (χ3n) is 3.86. The van der Waals surface area contributed by atoms with Gasteiger partial charge in [0.2, 0.25) is 0 Å². The topological polar surface area (TPSA) is 46.0 Å². The molecule has 94 valence electrons. The number of aromatic nitrogens is 3. The first-order valence-corrected chi connectivity index (χ1v) is 6.67. The van der Waals surface area contributed by atoms with Gasteiger partial charge >= 0.3 is 0 Å². The van der Waals surface area contributed by atoms with Gasteiger partial charge in [-0.15, -0.1) is 10.2 Å². The van der Waals surface area contributed by atoms with Gasteiger partial charge in [0.25, 0.3) is 0 Å². The number of nitrogens with one attached hydrogen (secondary N) is 1. The van der Waals surface area contributed by atoms with Gasteiger partial charge in [0.1, 0.15) is 12.2 Å². The molecule has 0 aromatic carbocycles. The van der Waals surface area contributed by atoms with E-state index in [-0.39, 0.29) is 0 Å². The van der Waals surface area contributed by atoms with Crippen molar-refractivity contribution in [2.75, 3.05) is 13.1 Å². The molecular formula is C12H21N5. The second kappa shape index (κ2) is 4.74. The number of hydrogen-bond acceptors (Lipinski definition) is 4. The van der Waals surface area contributed by atoms with Crippen LogP contribution in [0.5, 0.6) is 0 Å². The van der Waals surface area contributed by atoms with Crippen molar-refractivity contribution in [3.8, 4) is 0 Å². The molecule has 1 fully saturated rings. The van der Waals surface area contributed by atoms with E-state index in [4.69, 9.17) is 0 Å². The highest BCUT2D eigenvalue weighted by molar-refractivity contribution is 4.91. The molecule has 0 spiro atoms. The van der Waals surface area contributed by atoms with E-state index in [9.17, 15) is 0 Å². The van der Waals surface area contributed by atoms with Gasteiger partial charge in [-0.2, -0.15) is 0 Å². The van der Waals surface area contributed by atoms with Crippen molar-refractivity contribution in [2.24, 2.45) is 0 Å². The summed E-state index contributed by atoms with van der Waals surface area (Å²) < 4.78 is 2.16. The van der Waals surface area contributed by atoms with Crippen molar-refractivity contribution in [3.63, 3.8) is 0 Å². The highest BCUT2D eigenvalue weighted by Crippen LogP contribution is 2.19. The predicted octanol–water partition coefficient (Wildman–Crippen LogP) is 0.624. The van der Waals surface area contributed by atoms with Crippen LogP contribution in [0.15, 0.2) is 6.33 Å². The van der Waals surface area contributed by atoms with E-state index in [1.807, 2.05) is 6.33 Å². The van der Waals surface area contributed by atoms with Crippen LogP contribution in [-0.4, -0.2) is 44.8 Å². The van der Waals surface area contributed by atoms with Crippen molar-refractivity contribution >= 4 is 0 Å². The summed E-state index contributed by atoms with van der Waals surface area (Å²) in [6, 6.07) is 1.46.